The second-order valence-electron chi connectivity index (χ2n) is 8.88. The quantitative estimate of drug-likeness (QED) is 0.164. The second kappa shape index (κ2) is 13.2. The van der Waals surface area contributed by atoms with Crippen molar-refractivity contribution < 1.29 is 22.4 Å². The first-order valence-corrected chi connectivity index (χ1v) is 14.1. The zero-order valence-corrected chi connectivity index (χ0v) is 23.2. The van der Waals surface area contributed by atoms with Crippen molar-refractivity contribution >= 4 is 39.7 Å². The Balaban J connectivity index is 1.41. The number of sulfonamides is 1. The van der Waals surface area contributed by atoms with Crippen molar-refractivity contribution in [3.05, 3.63) is 124 Å². The zero-order valence-electron chi connectivity index (χ0n) is 21.6. The smallest absolute Gasteiger partial charge is 0.329 e. The van der Waals surface area contributed by atoms with Crippen LogP contribution in [0, 0.1) is 6.92 Å². The van der Waals surface area contributed by atoms with Crippen LogP contribution in [0.4, 0.5) is 0 Å². The summed E-state index contributed by atoms with van der Waals surface area (Å²) >= 11 is 5.99. The highest BCUT2D eigenvalue weighted by Gasteiger charge is 2.26. The third-order valence-corrected chi connectivity index (χ3v) is 7.86. The number of hydrogen-bond donors (Lipinski definition) is 2. The van der Waals surface area contributed by atoms with E-state index in [1.54, 1.807) is 60.7 Å². The van der Waals surface area contributed by atoms with Gasteiger partial charge in [-0.25, -0.2) is 13.8 Å². The number of hydrogen-bond acceptors (Lipinski definition) is 6. The second-order valence-corrected chi connectivity index (χ2v) is 11.3. The van der Waals surface area contributed by atoms with E-state index in [9.17, 15) is 18.0 Å². The molecule has 0 spiro atoms. The van der Waals surface area contributed by atoms with E-state index in [2.05, 4.69) is 15.8 Å². The minimum absolute atomic E-state index is 0.0546. The molecule has 1 heterocycles. The molecule has 9 nitrogen and oxygen atoms in total. The van der Waals surface area contributed by atoms with Gasteiger partial charge in [0.1, 0.15) is 11.5 Å². The monoisotopic (exact) mass is 578 g/mol. The minimum atomic E-state index is -3.87. The summed E-state index contributed by atoms with van der Waals surface area (Å²) in [5.41, 5.74) is 4.69. The van der Waals surface area contributed by atoms with Gasteiger partial charge in [0.05, 0.1) is 17.7 Å². The van der Waals surface area contributed by atoms with E-state index < -0.39 is 21.8 Å². The Kier molecular flexibility index (Phi) is 9.49. The average Bonchev–Trinajstić information content (AvgIpc) is 3.40. The van der Waals surface area contributed by atoms with Gasteiger partial charge in [-0.3, -0.25) is 9.59 Å². The lowest BCUT2D eigenvalue weighted by molar-refractivity contribution is -0.139. The first-order valence-electron chi connectivity index (χ1n) is 12.3. The number of carbonyl (C=O) groups is 2. The molecule has 2 N–H and O–H groups in total. The van der Waals surface area contributed by atoms with Crippen molar-refractivity contribution in [3.63, 3.8) is 0 Å². The Hall–Kier alpha value is -4.25. The van der Waals surface area contributed by atoms with Gasteiger partial charge in [0.25, 0.3) is 0 Å². The number of halogens is 1. The summed E-state index contributed by atoms with van der Waals surface area (Å²) in [5.74, 6) is -1.14. The van der Waals surface area contributed by atoms with Gasteiger partial charge in [-0.1, -0.05) is 71.8 Å². The van der Waals surface area contributed by atoms with Crippen LogP contribution in [-0.4, -0.2) is 30.8 Å². The van der Waals surface area contributed by atoms with Crippen molar-refractivity contribution in [1.29, 1.82) is 0 Å². The number of amides is 2. The number of benzene rings is 3. The summed E-state index contributed by atoms with van der Waals surface area (Å²) < 4.78 is 34.1. The Morgan fingerprint density at radius 2 is 1.57 bits per heavy atom. The SMILES string of the molecule is Cc1ccc(S(=O)(=O)N(Cc2ccc(Cl)cc2)Cc2ccc(/C=N/NC(=O)C(=O)NCc3ccccc3)o2)cc1. The first kappa shape index (κ1) is 28.8. The summed E-state index contributed by atoms with van der Waals surface area (Å²) in [6.07, 6.45) is 1.23. The van der Waals surface area contributed by atoms with E-state index in [-0.39, 0.29) is 30.3 Å². The third-order valence-electron chi connectivity index (χ3n) is 5.81. The van der Waals surface area contributed by atoms with Crippen molar-refractivity contribution in [2.75, 3.05) is 0 Å². The van der Waals surface area contributed by atoms with Crippen LogP contribution in [0.3, 0.4) is 0 Å². The molecule has 1 aromatic heterocycles. The van der Waals surface area contributed by atoms with Crippen LogP contribution >= 0.6 is 11.6 Å². The molecule has 3 aromatic carbocycles. The van der Waals surface area contributed by atoms with E-state index in [0.29, 0.717) is 10.8 Å². The molecule has 40 heavy (non-hydrogen) atoms. The number of hydrazone groups is 1. The summed E-state index contributed by atoms with van der Waals surface area (Å²) in [5, 5.41) is 6.82. The largest absolute Gasteiger partial charge is 0.459 e. The van der Waals surface area contributed by atoms with Crippen molar-refractivity contribution in [2.24, 2.45) is 5.10 Å². The number of aryl methyl sites for hydroxylation is 1. The zero-order chi connectivity index (χ0) is 28.5. The lowest BCUT2D eigenvalue weighted by atomic mass is 10.2. The molecule has 0 aliphatic rings. The van der Waals surface area contributed by atoms with Gasteiger partial charge in [-0.15, -0.1) is 0 Å². The summed E-state index contributed by atoms with van der Waals surface area (Å²) in [6.45, 7) is 2.12. The van der Waals surface area contributed by atoms with Crippen molar-refractivity contribution in [3.8, 4) is 0 Å². The summed E-state index contributed by atoms with van der Waals surface area (Å²) in [7, 11) is -3.87. The maximum atomic E-state index is 13.5. The molecule has 0 atom stereocenters. The first-order chi connectivity index (χ1) is 19.2. The number of rotatable bonds is 10. The maximum Gasteiger partial charge on any atom is 0.329 e. The standard InChI is InChI=1S/C29H27ClN4O5S/c1-21-7-15-27(16-8-21)40(37,38)34(19-23-9-11-24(30)12-10-23)20-26-14-13-25(39-26)18-32-33-29(36)28(35)31-17-22-5-3-2-4-6-22/h2-16,18H,17,19-20H2,1H3,(H,31,35)(H,33,36)/b32-18+. The van der Waals surface area contributed by atoms with Crippen LogP contribution < -0.4 is 10.7 Å². The number of carbonyl (C=O) groups excluding carboxylic acids is 2. The van der Waals surface area contributed by atoms with Crippen LogP contribution in [0.15, 0.2) is 105 Å². The van der Waals surface area contributed by atoms with E-state index in [1.807, 2.05) is 37.3 Å². The van der Waals surface area contributed by atoms with Crippen LogP contribution in [0.25, 0.3) is 0 Å². The Labute approximate surface area is 237 Å². The molecule has 206 valence electrons. The van der Waals surface area contributed by atoms with Crippen LogP contribution in [-0.2, 0) is 39.2 Å². The van der Waals surface area contributed by atoms with E-state index in [4.69, 9.17) is 16.0 Å². The predicted molar refractivity (Wildman–Crippen MR) is 152 cm³/mol. The molecule has 11 heteroatoms. The lowest BCUT2D eigenvalue weighted by Gasteiger charge is -2.21. The highest BCUT2D eigenvalue weighted by atomic mass is 35.5. The van der Waals surface area contributed by atoms with Crippen molar-refractivity contribution in [1.82, 2.24) is 15.0 Å². The van der Waals surface area contributed by atoms with Gasteiger partial charge < -0.3 is 9.73 Å². The molecule has 0 aliphatic carbocycles. The van der Waals surface area contributed by atoms with Crippen molar-refractivity contribution in [2.45, 2.75) is 31.5 Å². The average molecular weight is 579 g/mol. The molecular weight excluding hydrogens is 552 g/mol. The molecule has 0 saturated heterocycles. The van der Waals surface area contributed by atoms with Gasteiger partial charge in [-0.2, -0.15) is 9.41 Å². The van der Waals surface area contributed by atoms with Crippen LogP contribution in [0.2, 0.25) is 5.02 Å². The maximum absolute atomic E-state index is 13.5. The number of nitrogens with zero attached hydrogens (tertiary/aromatic N) is 2. The molecular formula is C29H27ClN4O5S. The molecule has 0 unspecified atom stereocenters. The fourth-order valence-corrected chi connectivity index (χ4v) is 5.19. The van der Waals surface area contributed by atoms with Crippen LogP contribution in [0.5, 0.6) is 0 Å². The third kappa shape index (κ3) is 7.89. The van der Waals surface area contributed by atoms with E-state index in [0.717, 1.165) is 16.7 Å². The molecule has 0 aliphatic heterocycles. The predicted octanol–water partition coefficient (Wildman–Crippen LogP) is 4.40. The lowest BCUT2D eigenvalue weighted by Crippen LogP contribution is -2.37. The molecule has 0 bridgehead atoms. The minimum Gasteiger partial charge on any atom is -0.459 e. The molecule has 4 rings (SSSR count). The van der Waals surface area contributed by atoms with E-state index in [1.165, 1.54) is 10.5 Å². The molecule has 0 radical (unpaired) electrons. The fraction of sp³-hybridized carbons (Fsp3) is 0.138. The van der Waals surface area contributed by atoms with E-state index >= 15 is 0 Å². The molecule has 4 aromatic rings. The normalized spacial score (nSPS) is 11.6. The highest BCUT2D eigenvalue weighted by molar-refractivity contribution is 7.89. The highest BCUT2D eigenvalue weighted by Crippen LogP contribution is 2.23. The molecule has 2 amide bonds. The van der Waals surface area contributed by atoms with Gasteiger partial charge >= 0.3 is 11.8 Å². The van der Waals surface area contributed by atoms with Gasteiger partial charge in [0.15, 0.2) is 0 Å². The molecule has 0 fully saturated rings. The fourth-order valence-electron chi connectivity index (χ4n) is 3.67. The van der Waals surface area contributed by atoms with Crippen LogP contribution in [0.1, 0.15) is 28.2 Å². The summed E-state index contributed by atoms with van der Waals surface area (Å²) in [4.78, 5) is 24.2. The topological polar surface area (TPSA) is 121 Å². The summed E-state index contributed by atoms with van der Waals surface area (Å²) in [6, 6.07) is 25.9. The Bertz CT molecular complexity index is 1590. The Morgan fingerprint density at radius 3 is 2.27 bits per heavy atom. The Morgan fingerprint density at radius 1 is 0.875 bits per heavy atom. The number of nitrogens with one attached hydrogen (secondary N) is 2. The van der Waals surface area contributed by atoms with Gasteiger partial charge in [0.2, 0.25) is 10.0 Å². The number of furan rings is 1. The van der Waals surface area contributed by atoms with Gasteiger partial charge in [0, 0.05) is 18.1 Å². The molecule has 0 saturated carbocycles. The van der Waals surface area contributed by atoms with Gasteiger partial charge in [-0.05, 0) is 54.4 Å².